The summed E-state index contributed by atoms with van der Waals surface area (Å²) in [5.41, 5.74) is 1.24. The van der Waals surface area contributed by atoms with Crippen LogP contribution in [0.15, 0.2) is 24.3 Å². The van der Waals surface area contributed by atoms with E-state index in [0.717, 1.165) is 5.56 Å². The lowest BCUT2D eigenvalue weighted by molar-refractivity contribution is 0.546. The van der Waals surface area contributed by atoms with Crippen molar-refractivity contribution in [2.75, 3.05) is 0 Å². The van der Waals surface area contributed by atoms with Crippen molar-refractivity contribution in [3.05, 3.63) is 45.3 Å². The molecule has 0 aliphatic carbocycles. The highest BCUT2D eigenvalue weighted by atomic mass is 35.5. The maximum atomic E-state index is 6.19. The molecule has 0 unspecified atom stereocenters. The fourth-order valence-electron chi connectivity index (χ4n) is 1.58. The highest BCUT2D eigenvalue weighted by Gasteiger charge is 2.19. The molecule has 0 fully saturated rings. The first-order valence-corrected chi connectivity index (χ1v) is 6.91. The van der Waals surface area contributed by atoms with Gasteiger partial charge in [0, 0.05) is 22.1 Å². The molecular formula is C14H13Cl3N2. The molecule has 0 saturated carbocycles. The number of nitrogens with zero attached hydrogens (tertiary/aromatic N) is 2. The van der Waals surface area contributed by atoms with Crippen LogP contribution in [0.4, 0.5) is 0 Å². The zero-order valence-corrected chi connectivity index (χ0v) is 13.1. The van der Waals surface area contributed by atoms with Gasteiger partial charge in [-0.2, -0.15) is 0 Å². The summed E-state index contributed by atoms with van der Waals surface area (Å²) in [6.07, 6.45) is 0. The largest absolute Gasteiger partial charge is 0.232 e. The lowest BCUT2D eigenvalue weighted by Gasteiger charge is -2.17. The third-order valence-electron chi connectivity index (χ3n) is 2.57. The average molecular weight is 316 g/mol. The van der Waals surface area contributed by atoms with Gasteiger partial charge in [0.15, 0.2) is 0 Å². The van der Waals surface area contributed by atoms with Crippen LogP contribution >= 0.6 is 34.8 Å². The first-order valence-electron chi connectivity index (χ1n) is 5.78. The third kappa shape index (κ3) is 3.38. The predicted octanol–water partition coefficient (Wildman–Crippen LogP) is 5.40. The number of rotatable bonds is 1. The van der Waals surface area contributed by atoms with E-state index in [1.165, 1.54) is 0 Å². The zero-order valence-electron chi connectivity index (χ0n) is 10.8. The van der Waals surface area contributed by atoms with Crippen LogP contribution in [-0.4, -0.2) is 9.97 Å². The SMILES string of the molecule is CC(C)(C)c1nc(Cl)cc(-c2cc(Cl)ccc2Cl)n1. The Kier molecular flexibility index (Phi) is 4.05. The van der Waals surface area contributed by atoms with Crippen LogP contribution in [0.1, 0.15) is 26.6 Å². The van der Waals surface area contributed by atoms with E-state index >= 15 is 0 Å². The normalized spacial score (nSPS) is 11.7. The van der Waals surface area contributed by atoms with Crippen molar-refractivity contribution in [1.29, 1.82) is 0 Å². The summed E-state index contributed by atoms with van der Waals surface area (Å²) in [6, 6.07) is 6.94. The van der Waals surface area contributed by atoms with Crippen LogP contribution in [0.25, 0.3) is 11.3 Å². The molecule has 0 atom stereocenters. The maximum absolute atomic E-state index is 6.19. The predicted molar refractivity (Wildman–Crippen MR) is 81.2 cm³/mol. The molecule has 1 aromatic carbocycles. The fraction of sp³-hybridized carbons (Fsp3) is 0.286. The van der Waals surface area contributed by atoms with Gasteiger partial charge in [-0.25, -0.2) is 9.97 Å². The van der Waals surface area contributed by atoms with Gasteiger partial charge in [0.05, 0.1) is 10.7 Å². The summed E-state index contributed by atoms with van der Waals surface area (Å²) >= 11 is 18.3. The molecule has 0 saturated heterocycles. The van der Waals surface area contributed by atoms with Gasteiger partial charge < -0.3 is 0 Å². The Morgan fingerprint density at radius 3 is 2.26 bits per heavy atom. The van der Waals surface area contributed by atoms with Crippen LogP contribution < -0.4 is 0 Å². The molecule has 0 aliphatic rings. The molecule has 0 N–H and O–H groups in total. The minimum atomic E-state index is -0.190. The van der Waals surface area contributed by atoms with Gasteiger partial charge in [-0.1, -0.05) is 55.6 Å². The standard InChI is InChI=1S/C14H13Cl3N2/c1-14(2,3)13-18-11(7-12(17)19-13)9-6-8(15)4-5-10(9)16/h4-7H,1-3H3. The zero-order chi connectivity index (χ0) is 14.2. The molecule has 5 heteroatoms. The fourth-order valence-corrected chi connectivity index (χ4v) is 2.15. The lowest BCUT2D eigenvalue weighted by Crippen LogP contribution is -2.16. The van der Waals surface area contributed by atoms with E-state index in [2.05, 4.69) is 9.97 Å². The number of hydrogen-bond acceptors (Lipinski definition) is 2. The molecule has 0 spiro atoms. The van der Waals surface area contributed by atoms with Crippen LogP contribution in [-0.2, 0) is 5.41 Å². The monoisotopic (exact) mass is 314 g/mol. The van der Waals surface area contributed by atoms with Crippen molar-refractivity contribution in [2.24, 2.45) is 0 Å². The molecule has 1 aromatic heterocycles. The Hall–Kier alpha value is -0.830. The minimum absolute atomic E-state index is 0.190. The smallest absolute Gasteiger partial charge is 0.136 e. The average Bonchev–Trinajstić information content (AvgIpc) is 2.30. The second-order valence-electron chi connectivity index (χ2n) is 5.27. The van der Waals surface area contributed by atoms with E-state index in [0.29, 0.717) is 26.7 Å². The molecule has 2 rings (SSSR count). The van der Waals surface area contributed by atoms with Gasteiger partial charge >= 0.3 is 0 Å². The Balaban J connectivity index is 2.63. The number of aromatic nitrogens is 2. The van der Waals surface area contributed by atoms with Crippen molar-refractivity contribution in [2.45, 2.75) is 26.2 Å². The van der Waals surface area contributed by atoms with Crippen molar-refractivity contribution in [1.82, 2.24) is 9.97 Å². The third-order valence-corrected chi connectivity index (χ3v) is 3.33. The minimum Gasteiger partial charge on any atom is -0.232 e. The Labute approximate surface area is 127 Å². The molecule has 0 radical (unpaired) electrons. The molecule has 19 heavy (non-hydrogen) atoms. The van der Waals surface area contributed by atoms with E-state index < -0.39 is 0 Å². The van der Waals surface area contributed by atoms with Crippen molar-refractivity contribution in [3.8, 4) is 11.3 Å². The summed E-state index contributed by atoms with van der Waals surface area (Å²) < 4.78 is 0. The molecule has 1 heterocycles. The van der Waals surface area contributed by atoms with Crippen LogP contribution in [0.3, 0.4) is 0 Å². The summed E-state index contributed by atoms with van der Waals surface area (Å²) in [5.74, 6) is 0.672. The van der Waals surface area contributed by atoms with E-state index in [-0.39, 0.29) is 5.41 Å². The Morgan fingerprint density at radius 1 is 0.947 bits per heavy atom. The molecule has 100 valence electrons. The summed E-state index contributed by atoms with van der Waals surface area (Å²) in [7, 11) is 0. The maximum Gasteiger partial charge on any atom is 0.136 e. The molecule has 0 aliphatic heterocycles. The van der Waals surface area contributed by atoms with Crippen LogP contribution in [0.5, 0.6) is 0 Å². The summed E-state index contributed by atoms with van der Waals surface area (Å²) in [6.45, 7) is 6.09. The summed E-state index contributed by atoms with van der Waals surface area (Å²) in [5, 5.41) is 1.58. The summed E-state index contributed by atoms with van der Waals surface area (Å²) in [4.78, 5) is 8.80. The van der Waals surface area contributed by atoms with Crippen LogP contribution in [0, 0.1) is 0 Å². The highest BCUT2D eigenvalue weighted by Crippen LogP contribution is 2.31. The van der Waals surface area contributed by atoms with Gasteiger partial charge in [0.25, 0.3) is 0 Å². The first-order chi connectivity index (χ1) is 8.77. The van der Waals surface area contributed by atoms with Gasteiger partial charge in [-0.15, -0.1) is 0 Å². The van der Waals surface area contributed by atoms with Crippen molar-refractivity contribution in [3.63, 3.8) is 0 Å². The second kappa shape index (κ2) is 5.28. The van der Waals surface area contributed by atoms with E-state index in [9.17, 15) is 0 Å². The lowest BCUT2D eigenvalue weighted by atomic mass is 9.95. The first kappa shape index (κ1) is 14.6. The van der Waals surface area contributed by atoms with Gasteiger partial charge in [-0.3, -0.25) is 0 Å². The van der Waals surface area contributed by atoms with Crippen molar-refractivity contribution >= 4 is 34.8 Å². The number of halogens is 3. The quantitative estimate of drug-likeness (QED) is 0.658. The molecule has 2 nitrogen and oxygen atoms in total. The molecular weight excluding hydrogens is 303 g/mol. The highest BCUT2D eigenvalue weighted by molar-refractivity contribution is 6.35. The van der Waals surface area contributed by atoms with E-state index in [4.69, 9.17) is 34.8 Å². The topological polar surface area (TPSA) is 25.8 Å². The van der Waals surface area contributed by atoms with Gasteiger partial charge in [-0.05, 0) is 18.2 Å². The molecule has 0 amide bonds. The van der Waals surface area contributed by atoms with Gasteiger partial charge in [0.2, 0.25) is 0 Å². The van der Waals surface area contributed by atoms with E-state index in [1.54, 1.807) is 24.3 Å². The number of hydrogen-bond donors (Lipinski definition) is 0. The van der Waals surface area contributed by atoms with Crippen molar-refractivity contribution < 1.29 is 0 Å². The molecule has 0 bridgehead atoms. The van der Waals surface area contributed by atoms with Gasteiger partial charge in [0.1, 0.15) is 11.0 Å². The van der Waals surface area contributed by atoms with Crippen LogP contribution in [0.2, 0.25) is 15.2 Å². The second-order valence-corrected chi connectivity index (χ2v) is 6.50. The van der Waals surface area contributed by atoms with E-state index in [1.807, 2.05) is 20.8 Å². The Bertz CT molecular complexity index is 619. The number of benzene rings is 1. The molecule has 2 aromatic rings. The Morgan fingerprint density at radius 2 is 1.63 bits per heavy atom.